The van der Waals surface area contributed by atoms with Gasteiger partial charge in [-0.2, -0.15) is 4.99 Å². The summed E-state index contributed by atoms with van der Waals surface area (Å²) in [6.07, 6.45) is -2.03. The normalized spacial score (nSPS) is 14.8. The molecule has 9 aromatic carbocycles. The molecule has 0 spiro atoms. The molecule has 0 saturated carbocycles. The molecule has 1 aromatic heterocycles. The number of anilines is 9. The second-order valence-corrected chi connectivity index (χ2v) is 30.8. The maximum atomic E-state index is 11.3. The number of aromatic nitrogens is 2. The highest BCUT2D eigenvalue weighted by Gasteiger charge is 2.21. The number of nitrogen functional groups attached to an aromatic ring is 4. The number of amidine groups is 1. The fraction of sp³-hybridized carbons (Fsp3) is 0.330. The number of imidazole rings is 1. The number of likely N-dealkylation sites (N-methyl/N-ethyl adjacent to an activating group) is 5. The summed E-state index contributed by atoms with van der Waals surface area (Å²) in [6.45, 7) is 22.8. The third kappa shape index (κ3) is 33.8. The lowest BCUT2D eigenvalue weighted by Gasteiger charge is -2.34. The fourth-order valence-electron chi connectivity index (χ4n) is 12.6. The number of carbonyl (C=O) groups is 3. The number of hydrogen-bond donors (Lipinski definition) is 10. The van der Waals surface area contributed by atoms with Gasteiger partial charge in [0.05, 0.1) is 53.6 Å². The lowest BCUT2D eigenvalue weighted by atomic mass is 10.2. The Morgan fingerprint density at radius 2 is 0.833 bits per heavy atom. The molecule has 5 saturated heterocycles. The number of ether oxygens (including phenoxy) is 6. The topological polar surface area (TPSA) is 444 Å². The van der Waals surface area contributed by atoms with Crippen molar-refractivity contribution in [2.75, 3.05) is 235 Å². The number of nitro groups is 2. The quantitative estimate of drug-likeness (QED) is 0.0128. The van der Waals surface area contributed by atoms with E-state index in [-0.39, 0.29) is 28.6 Å². The fourth-order valence-corrected chi connectivity index (χ4v) is 13.1. The molecule has 10 aromatic rings. The van der Waals surface area contributed by atoms with Crippen molar-refractivity contribution in [3.05, 3.63) is 224 Å². The lowest BCUT2D eigenvalue weighted by molar-refractivity contribution is -0.384. The first kappa shape index (κ1) is 98.3. The van der Waals surface area contributed by atoms with Crippen molar-refractivity contribution in [1.29, 1.82) is 0 Å². The zero-order valence-electron chi connectivity index (χ0n) is 72.2. The molecule has 5 aliphatic rings. The summed E-state index contributed by atoms with van der Waals surface area (Å²) in [5.74, 6) is 5.22. The predicted molar refractivity (Wildman–Crippen MR) is 501 cm³/mol. The van der Waals surface area contributed by atoms with Gasteiger partial charge < -0.3 is 116 Å². The molecule has 0 unspecified atom stereocenters. The number of hydrogen-bond acceptors (Lipinski definition) is 30. The van der Waals surface area contributed by atoms with Crippen molar-refractivity contribution < 1.29 is 62.9 Å². The summed E-state index contributed by atoms with van der Waals surface area (Å²) >= 11 is 8.72. The minimum absolute atomic E-state index is 0.0856. The summed E-state index contributed by atoms with van der Waals surface area (Å²) in [5, 5.41) is 47.5. The van der Waals surface area contributed by atoms with Gasteiger partial charge in [0, 0.05) is 218 Å². The average Bonchev–Trinajstić information content (AvgIpc) is 1.68. The van der Waals surface area contributed by atoms with Crippen LogP contribution in [0, 0.1) is 20.2 Å². The Morgan fingerprint density at radius 3 is 1.21 bits per heavy atom. The van der Waals surface area contributed by atoms with Gasteiger partial charge in [0.1, 0.15) is 63.2 Å². The van der Waals surface area contributed by atoms with Crippen LogP contribution in [0.25, 0.3) is 11.0 Å². The van der Waals surface area contributed by atoms with Gasteiger partial charge in [-0.1, -0.05) is 57.9 Å². The molecule has 5 fully saturated rings. The van der Waals surface area contributed by atoms with Gasteiger partial charge in [0.25, 0.3) is 11.4 Å². The molecular formula is C88H113BrClN21O15. The minimum atomic E-state index is -0.774. The number of aromatic amines is 1. The van der Waals surface area contributed by atoms with E-state index in [1.807, 2.05) is 91.0 Å². The SMILES string of the molecule is CN1CCN(c2cccc(O)c2)CC1.CN1CCN(c2cccc(Oc3ccc(N)c(N)c3)c2)CC1.CN1CCN(c2cccc(Oc3ccc([N+](=O)[O-])c(N)c3)c2)CC1.CN1CCNCC1.COC(=O)N=C(C)NC(=O)OC.COC(=O)Nc1nc2ccc(Oc3cccc(N4CCN(C)CC4)c3)cc2[nH]1.Nc1cc(Cl)ccc1[N+](=O)[O-].Oc1cccc(Br)c1. The monoisotopic (exact) mass is 1820 g/mol. The Balaban J connectivity index is 0.000000185. The zero-order valence-corrected chi connectivity index (χ0v) is 74.5. The van der Waals surface area contributed by atoms with Gasteiger partial charge in [-0.15, -0.1) is 0 Å². The number of phenolic OH excluding ortho intramolecular Hbond substituents is 2. The third-order valence-corrected chi connectivity index (χ3v) is 20.5. The van der Waals surface area contributed by atoms with Crippen molar-refractivity contribution in [2.24, 2.45) is 4.99 Å². The number of H-pyrrole nitrogens is 1. The van der Waals surface area contributed by atoms with Crippen LogP contribution in [0.2, 0.25) is 5.02 Å². The van der Waals surface area contributed by atoms with Gasteiger partial charge in [0.15, 0.2) is 0 Å². The van der Waals surface area contributed by atoms with Gasteiger partial charge in [0.2, 0.25) is 5.95 Å². The number of fused-ring (bicyclic) bond motifs is 1. The molecule has 6 heterocycles. The van der Waals surface area contributed by atoms with Gasteiger partial charge >= 0.3 is 18.3 Å². The molecule has 0 radical (unpaired) electrons. The molecule has 3 amide bonds. The van der Waals surface area contributed by atoms with Gasteiger partial charge in [-0.05, 0) is 151 Å². The molecule has 674 valence electrons. The van der Waals surface area contributed by atoms with E-state index in [1.165, 1.54) is 77.4 Å². The molecule has 0 bridgehead atoms. The Hall–Kier alpha value is -13.1. The van der Waals surface area contributed by atoms with E-state index in [0.29, 0.717) is 56.8 Å². The van der Waals surface area contributed by atoms with Crippen LogP contribution >= 0.6 is 27.5 Å². The molecule has 36 nitrogen and oxygen atoms in total. The van der Waals surface area contributed by atoms with Crippen molar-refractivity contribution in [2.45, 2.75) is 6.92 Å². The van der Waals surface area contributed by atoms with Crippen LogP contribution in [-0.2, 0) is 14.2 Å². The van der Waals surface area contributed by atoms with Crippen molar-refractivity contribution >= 4 is 126 Å². The number of nitrogens with zero attached hydrogens (tertiary/aromatic N) is 13. The van der Waals surface area contributed by atoms with E-state index in [1.54, 1.807) is 42.5 Å². The molecule has 38 heteroatoms. The Kier molecular flexibility index (Phi) is 39.5. The van der Waals surface area contributed by atoms with E-state index in [4.69, 9.17) is 53.9 Å². The summed E-state index contributed by atoms with van der Waals surface area (Å²) in [7, 11) is 14.4. The van der Waals surface area contributed by atoms with E-state index < -0.39 is 28.1 Å². The molecule has 5 aliphatic heterocycles. The van der Waals surface area contributed by atoms with Crippen LogP contribution in [0.15, 0.2) is 204 Å². The number of benzene rings is 9. The zero-order chi connectivity index (χ0) is 91.2. The number of aliphatic imine (C=N–C) groups is 1. The number of aromatic hydroxyl groups is 2. The number of nitrogens with two attached hydrogens (primary N) is 4. The molecular weight excluding hydrogens is 1710 g/mol. The third-order valence-electron chi connectivity index (χ3n) is 19.8. The maximum absolute atomic E-state index is 11.3. The number of halogens is 2. The number of alkyl carbamates (subject to hydrolysis) is 1. The van der Waals surface area contributed by atoms with Gasteiger partial charge in [-0.3, -0.25) is 30.9 Å². The number of rotatable bonds is 13. The van der Waals surface area contributed by atoms with E-state index in [2.05, 4.69) is 171 Å². The van der Waals surface area contributed by atoms with Crippen molar-refractivity contribution in [1.82, 2.24) is 45.1 Å². The summed E-state index contributed by atoms with van der Waals surface area (Å²) < 4.78 is 31.7. The van der Waals surface area contributed by atoms with Crippen LogP contribution < -0.4 is 72.7 Å². The Morgan fingerprint density at radius 1 is 0.452 bits per heavy atom. The molecule has 15 rings (SSSR count). The maximum Gasteiger partial charge on any atom is 0.434 e. The summed E-state index contributed by atoms with van der Waals surface area (Å²) in [5.41, 5.74) is 29.7. The Bertz CT molecular complexity index is 5160. The smallest absolute Gasteiger partial charge is 0.434 e. The highest BCUT2D eigenvalue weighted by atomic mass is 79.9. The number of nitrogens with one attached hydrogen (secondary N) is 4. The number of piperazine rings is 5. The van der Waals surface area contributed by atoms with Crippen molar-refractivity contribution in [3.8, 4) is 46.0 Å². The number of nitro benzene ring substituents is 2. The van der Waals surface area contributed by atoms with Crippen LogP contribution in [0.5, 0.6) is 46.0 Å². The average molecular weight is 1820 g/mol. The largest absolute Gasteiger partial charge is 0.508 e. The first-order valence-corrected chi connectivity index (χ1v) is 41.5. The predicted octanol–water partition coefficient (Wildman–Crippen LogP) is 13.6. The second kappa shape index (κ2) is 50.6. The number of phenols is 2. The first-order valence-electron chi connectivity index (χ1n) is 40.3. The van der Waals surface area contributed by atoms with Gasteiger partial charge in [-0.25, -0.2) is 19.4 Å². The van der Waals surface area contributed by atoms with Crippen LogP contribution in [0.3, 0.4) is 0 Å². The lowest BCUT2D eigenvalue weighted by Crippen LogP contribution is -2.44. The number of methoxy groups -OCH3 is 3. The first-order chi connectivity index (χ1) is 60.4. The summed E-state index contributed by atoms with van der Waals surface area (Å²) in [6, 6.07) is 57.8. The minimum Gasteiger partial charge on any atom is -0.508 e. The second-order valence-electron chi connectivity index (χ2n) is 29.4. The molecule has 0 aliphatic carbocycles. The molecule has 14 N–H and O–H groups in total. The van der Waals surface area contributed by atoms with Crippen LogP contribution in [0.1, 0.15) is 6.92 Å². The van der Waals surface area contributed by atoms with Crippen molar-refractivity contribution in [3.63, 3.8) is 0 Å². The Labute approximate surface area is 746 Å². The summed E-state index contributed by atoms with van der Waals surface area (Å²) in [4.78, 5) is 84.0. The molecule has 0 atom stereocenters. The van der Waals surface area contributed by atoms with E-state index in [0.717, 1.165) is 162 Å². The highest BCUT2D eigenvalue weighted by Crippen LogP contribution is 2.35. The molecule has 126 heavy (non-hydrogen) atoms. The number of amides is 3. The standard InChI is InChI=1S/C20H23N5O3.C17H20N4O3.C17H22N4O.C11H16N2O.C6H5BrO.C6H5ClN2O2.C6H10N2O4.C5H12N2/c1-24-8-10-25(11-9-24)14-4-3-5-15(12-14)28-16-6-7-17-18(13-16)22-19(21-17)23-20(26)27-2;1-19-7-9-20(10-8-19)13-3-2-4-14(11-13)24-15-5-6-17(21(22)23)16(18)12-15;1-20-7-9-21(10-8-20)13-3-2-4-14(11-13)22-15-5-6-16(18)17(19)12-15;1-12-5-7-13(8-6-12)10-3-2-4-11(14)9-10;7-5-2-1-3-6(8)4-5;7-4-1-2-6(9(10)11)5(8)3-4;1-4(7-5(9)11-2)8-6(10)12-3;1-7-4-2-6-3-5-7/h3-7,12-13H,8-11H2,1-2H3,(H2,21,22,23,26);2-6,11-12H,7-10,18H2,1H3;2-6,11-12H,7-10,18-19H2,1H3;2-4,9,14H,5-8H2,1H3;1-4,8H;1-3H,8H2;1-3H3,(H,7,8,9,10);6H,2-5H2,1H3. The van der Waals surface area contributed by atoms with E-state index >= 15 is 0 Å². The van der Waals surface area contributed by atoms with E-state index in [9.17, 15) is 39.7 Å². The van der Waals surface area contributed by atoms with Crippen LogP contribution in [-0.4, -0.2) is 266 Å². The van der Waals surface area contributed by atoms with Crippen LogP contribution in [0.4, 0.5) is 77.2 Å². The number of carbonyl (C=O) groups excluding carboxylic acids is 3. The highest BCUT2D eigenvalue weighted by molar-refractivity contribution is 9.10.